The molecule has 0 aromatic heterocycles. The summed E-state index contributed by atoms with van der Waals surface area (Å²) < 4.78 is 0. The van der Waals surface area contributed by atoms with Gasteiger partial charge in [-0.05, 0) is 55.2 Å². The predicted octanol–water partition coefficient (Wildman–Crippen LogP) is 4.30. The van der Waals surface area contributed by atoms with Gasteiger partial charge in [0.05, 0.1) is 0 Å². The van der Waals surface area contributed by atoms with Crippen molar-refractivity contribution in [1.82, 2.24) is 4.90 Å². The molecule has 2 aromatic carbocycles. The quantitative estimate of drug-likeness (QED) is 0.791. The van der Waals surface area contributed by atoms with Gasteiger partial charge in [-0.3, -0.25) is 4.79 Å². The van der Waals surface area contributed by atoms with Crippen LogP contribution in [0.3, 0.4) is 0 Å². The monoisotopic (exact) mass is 367 g/mol. The zero-order valence-corrected chi connectivity index (χ0v) is 15.9. The van der Waals surface area contributed by atoms with Gasteiger partial charge in [-0.2, -0.15) is 0 Å². The highest BCUT2D eigenvalue weighted by atomic mass is 32.1. The van der Waals surface area contributed by atoms with Gasteiger partial charge in [0, 0.05) is 30.4 Å². The number of carbonyl (C=O) groups is 1. The summed E-state index contributed by atoms with van der Waals surface area (Å²) in [6.07, 6.45) is 2.60. The molecular formula is C21H25N3OS. The van der Waals surface area contributed by atoms with E-state index in [4.69, 9.17) is 12.2 Å². The molecule has 2 aromatic rings. The van der Waals surface area contributed by atoms with Crippen molar-refractivity contribution in [1.29, 1.82) is 0 Å². The number of likely N-dealkylation sites (tertiary alicyclic amines) is 1. The van der Waals surface area contributed by atoms with E-state index in [0.717, 1.165) is 48.8 Å². The minimum Gasteiger partial charge on any atom is -0.349 e. The van der Waals surface area contributed by atoms with Gasteiger partial charge in [-0.25, -0.2) is 0 Å². The SMILES string of the molecule is CCc1ccccc1NC(=S)N1CCC(C(=O)Nc2ccccc2)CC1. The maximum absolute atomic E-state index is 12.4. The summed E-state index contributed by atoms with van der Waals surface area (Å²) >= 11 is 5.59. The van der Waals surface area contributed by atoms with Crippen LogP contribution in [-0.4, -0.2) is 29.0 Å². The minimum atomic E-state index is 0.0391. The van der Waals surface area contributed by atoms with Gasteiger partial charge in [0.1, 0.15) is 0 Å². The molecule has 3 rings (SSSR count). The van der Waals surface area contributed by atoms with E-state index in [1.54, 1.807) is 0 Å². The second kappa shape index (κ2) is 8.81. The molecule has 0 aliphatic carbocycles. The Kier molecular flexibility index (Phi) is 6.23. The first-order valence-electron chi connectivity index (χ1n) is 9.17. The zero-order chi connectivity index (χ0) is 18.4. The smallest absolute Gasteiger partial charge is 0.227 e. The summed E-state index contributed by atoms with van der Waals surface area (Å²) in [5, 5.41) is 7.12. The normalized spacial score (nSPS) is 14.7. The van der Waals surface area contributed by atoms with Gasteiger partial charge >= 0.3 is 0 Å². The van der Waals surface area contributed by atoms with Crippen LogP contribution in [0.1, 0.15) is 25.3 Å². The lowest BCUT2D eigenvalue weighted by molar-refractivity contribution is -0.120. The third-order valence-electron chi connectivity index (χ3n) is 4.83. The number of thiocarbonyl (C=S) groups is 1. The topological polar surface area (TPSA) is 44.4 Å². The van der Waals surface area contributed by atoms with E-state index in [1.807, 2.05) is 42.5 Å². The predicted molar refractivity (Wildman–Crippen MR) is 111 cm³/mol. The number of aryl methyl sites for hydroxylation is 1. The average molecular weight is 368 g/mol. The fourth-order valence-corrected chi connectivity index (χ4v) is 3.55. The molecule has 136 valence electrons. The summed E-state index contributed by atoms with van der Waals surface area (Å²) in [4.78, 5) is 14.6. The molecule has 26 heavy (non-hydrogen) atoms. The fourth-order valence-electron chi connectivity index (χ4n) is 3.26. The Balaban J connectivity index is 1.51. The summed E-state index contributed by atoms with van der Waals surface area (Å²) in [5.74, 6) is 0.142. The van der Waals surface area contributed by atoms with E-state index < -0.39 is 0 Å². The lowest BCUT2D eigenvalue weighted by atomic mass is 9.96. The average Bonchev–Trinajstić information content (AvgIpc) is 2.69. The van der Waals surface area contributed by atoms with Gasteiger partial charge < -0.3 is 15.5 Å². The first-order chi connectivity index (χ1) is 12.7. The highest BCUT2D eigenvalue weighted by Crippen LogP contribution is 2.21. The van der Waals surface area contributed by atoms with Crippen molar-refractivity contribution in [2.24, 2.45) is 5.92 Å². The van der Waals surface area contributed by atoms with Gasteiger partial charge in [-0.1, -0.05) is 43.3 Å². The zero-order valence-electron chi connectivity index (χ0n) is 15.1. The molecule has 4 nitrogen and oxygen atoms in total. The number of hydrogen-bond donors (Lipinski definition) is 2. The van der Waals surface area contributed by atoms with Crippen LogP contribution in [0.4, 0.5) is 11.4 Å². The van der Waals surface area contributed by atoms with Crippen molar-refractivity contribution in [2.75, 3.05) is 23.7 Å². The molecule has 1 aliphatic heterocycles. The molecular weight excluding hydrogens is 342 g/mol. The van der Waals surface area contributed by atoms with Crippen LogP contribution in [0.15, 0.2) is 54.6 Å². The number of hydrogen-bond acceptors (Lipinski definition) is 2. The molecule has 2 N–H and O–H groups in total. The number of nitrogens with zero attached hydrogens (tertiary/aromatic N) is 1. The number of piperidine rings is 1. The number of amides is 1. The van der Waals surface area contributed by atoms with Crippen molar-refractivity contribution in [3.63, 3.8) is 0 Å². The van der Waals surface area contributed by atoms with Gasteiger partial charge in [0.25, 0.3) is 0 Å². The van der Waals surface area contributed by atoms with Crippen LogP contribution < -0.4 is 10.6 Å². The molecule has 1 amide bonds. The van der Waals surface area contributed by atoms with Crippen LogP contribution in [0.2, 0.25) is 0 Å². The Bertz CT molecular complexity index is 755. The number of carbonyl (C=O) groups excluding carboxylic acids is 1. The molecule has 0 bridgehead atoms. The molecule has 0 unspecified atom stereocenters. The number of para-hydroxylation sites is 2. The standard InChI is InChI=1S/C21H25N3OS/c1-2-16-8-6-7-11-19(16)23-21(26)24-14-12-17(13-15-24)20(25)22-18-9-4-3-5-10-18/h3-11,17H,2,12-15H2,1H3,(H,22,25)(H,23,26). The summed E-state index contributed by atoms with van der Waals surface area (Å²) in [6.45, 7) is 3.74. The highest BCUT2D eigenvalue weighted by Gasteiger charge is 2.26. The molecule has 0 saturated carbocycles. The summed E-state index contributed by atoms with van der Waals surface area (Å²) in [5.41, 5.74) is 3.18. The van der Waals surface area contributed by atoms with Crippen molar-refractivity contribution < 1.29 is 4.79 Å². The van der Waals surface area contributed by atoms with Crippen LogP contribution in [0, 0.1) is 5.92 Å². The highest BCUT2D eigenvalue weighted by molar-refractivity contribution is 7.80. The molecule has 1 fully saturated rings. The van der Waals surface area contributed by atoms with E-state index >= 15 is 0 Å². The van der Waals surface area contributed by atoms with E-state index in [2.05, 4.69) is 34.6 Å². The van der Waals surface area contributed by atoms with Crippen molar-refractivity contribution in [2.45, 2.75) is 26.2 Å². The minimum absolute atomic E-state index is 0.0391. The van der Waals surface area contributed by atoms with Gasteiger partial charge in [0.15, 0.2) is 5.11 Å². The number of nitrogens with one attached hydrogen (secondary N) is 2. The Morgan fingerprint density at radius 3 is 2.38 bits per heavy atom. The maximum atomic E-state index is 12.4. The third kappa shape index (κ3) is 4.61. The van der Waals surface area contributed by atoms with Gasteiger partial charge in [-0.15, -0.1) is 0 Å². The number of anilines is 2. The summed E-state index contributed by atoms with van der Waals surface area (Å²) in [6, 6.07) is 17.9. The Labute approximate surface area is 160 Å². The van der Waals surface area contributed by atoms with Crippen LogP contribution in [0.25, 0.3) is 0 Å². The lowest BCUT2D eigenvalue weighted by Crippen LogP contribution is -2.43. The van der Waals surface area contributed by atoms with Gasteiger partial charge in [0.2, 0.25) is 5.91 Å². The van der Waals surface area contributed by atoms with E-state index in [9.17, 15) is 4.79 Å². The van der Waals surface area contributed by atoms with E-state index in [0.29, 0.717) is 0 Å². The Morgan fingerprint density at radius 2 is 1.69 bits per heavy atom. The molecule has 1 aliphatic rings. The van der Waals surface area contributed by atoms with Crippen molar-refractivity contribution in [3.8, 4) is 0 Å². The number of rotatable bonds is 4. The largest absolute Gasteiger partial charge is 0.349 e. The first-order valence-corrected chi connectivity index (χ1v) is 9.58. The fraction of sp³-hybridized carbons (Fsp3) is 0.333. The molecule has 0 radical (unpaired) electrons. The second-order valence-corrected chi connectivity index (χ2v) is 6.94. The Hall–Kier alpha value is -2.40. The maximum Gasteiger partial charge on any atom is 0.227 e. The third-order valence-corrected chi connectivity index (χ3v) is 5.19. The van der Waals surface area contributed by atoms with Crippen molar-refractivity contribution >= 4 is 34.6 Å². The van der Waals surface area contributed by atoms with E-state index in [-0.39, 0.29) is 11.8 Å². The second-order valence-electron chi connectivity index (χ2n) is 6.56. The van der Waals surface area contributed by atoms with Crippen LogP contribution in [0.5, 0.6) is 0 Å². The Morgan fingerprint density at radius 1 is 1.04 bits per heavy atom. The number of benzene rings is 2. The molecule has 0 atom stereocenters. The van der Waals surface area contributed by atoms with Crippen LogP contribution in [-0.2, 0) is 11.2 Å². The summed E-state index contributed by atoms with van der Waals surface area (Å²) in [7, 11) is 0. The molecule has 5 heteroatoms. The van der Waals surface area contributed by atoms with E-state index in [1.165, 1.54) is 5.56 Å². The first kappa shape index (κ1) is 18.4. The van der Waals surface area contributed by atoms with Crippen molar-refractivity contribution in [3.05, 3.63) is 60.2 Å². The molecule has 1 saturated heterocycles. The lowest BCUT2D eigenvalue weighted by Gasteiger charge is -2.33. The van der Waals surface area contributed by atoms with Crippen LogP contribution >= 0.6 is 12.2 Å². The molecule has 1 heterocycles. The molecule has 0 spiro atoms.